The minimum Gasteiger partial charge on any atom is -0.508 e. The van der Waals surface area contributed by atoms with E-state index in [9.17, 15) is 4.79 Å². The molecule has 0 spiro atoms. The summed E-state index contributed by atoms with van der Waals surface area (Å²) in [4.78, 5) is 11.8. The van der Waals surface area contributed by atoms with E-state index in [4.69, 9.17) is 5.11 Å². The normalized spacial score (nSPS) is 15.2. The molecular weight excluding hydrogens is 214 g/mol. The molecule has 0 aromatic heterocycles. The van der Waals surface area contributed by atoms with Crippen molar-refractivity contribution in [3.8, 4) is 5.75 Å². The standard InChI is InChI=1S/C14H17NO2/c16-13-8-6-12(7-9-13)15-14(17)10-11-4-2-1-3-5-11/h4,6-9,16H,1-3,5,10H2,(H,15,17). The molecule has 1 amide bonds. The third kappa shape index (κ3) is 3.63. The van der Waals surface area contributed by atoms with Crippen LogP contribution < -0.4 is 5.32 Å². The van der Waals surface area contributed by atoms with Crippen LogP contribution in [0.3, 0.4) is 0 Å². The number of phenolic OH excluding ortho intramolecular Hbond substituents is 1. The molecule has 90 valence electrons. The number of anilines is 1. The van der Waals surface area contributed by atoms with Gasteiger partial charge in [0.1, 0.15) is 5.75 Å². The molecule has 0 heterocycles. The minimum atomic E-state index is 0.0174. The van der Waals surface area contributed by atoms with Crippen molar-refractivity contribution in [1.82, 2.24) is 0 Å². The fourth-order valence-corrected chi connectivity index (χ4v) is 2.02. The Morgan fingerprint density at radius 2 is 2.00 bits per heavy atom. The third-order valence-corrected chi connectivity index (χ3v) is 2.92. The lowest BCUT2D eigenvalue weighted by molar-refractivity contribution is -0.115. The quantitative estimate of drug-likeness (QED) is 0.620. The average molecular weight is 231 g/mol. The average Bonchev–Trinajstić information content (AvgIpc) is 2.33. The van der Waals surface area contributed by atoms with Crippen LogP contribution in [-0.2, 0) is 4.79 Å². The van der Waals surface area contributed by atoms with Gasteiger partial charge in [-0.2, -0.15) is 0 Å². The summed E-state index contributed by atoms with van der Waals surface area (Å²) in [7, 11) is 0. The zero-order valence-corrected chi connectivity index (χ0v) is 9.78. The van der Waals surface area contributed by atoms with E-state index in [0.717, 1.165) is 18.5 Å². The second kappa shape index (κ2) is 5.53. The second-order valence-electron chi connectivity index (χ2n) is 4.38. The number of aromatic hydroxyl groups is 1. The van der Waals surface area contributed by atoms with E-state index in [1.807, 2.05) is 0 Å². The first-order valence-corrected chi connectivity index (χ1v) is 6.01. The Hall–Kier alpha value is -1.77. The van der Waals surface area contributed by atoms with Crippen LogP contribution in [0.25, 0.3) is 0 Å². The molecule has 2 N–H and O–H groups in total. The fraction of sp³-hybridized carbons (Fsp3) is 0.357. The van der Waals surface area contributed by atoms with Crippen LogP contribution in [0, 0.1) is 0 Å². The van der Waals surface area contributed by atoms with E-state index in [1.165, 1.54) is 18.4 Å². The molecule has 0 radical (unpaired) electrons. The Labute approximate surface area is 101 Å². The van der Waals surface area contributed by atoms with Crippen LogP contribution in [-0.4, -0.2) is 11.0 Å². The van der Waals surface area contributed by atoms with E-state index in [-0.39, 0.29) is 11.7 Å². The molecule has 0 saturated carbocycles. The van der Waals surface area contributed by atoms with Gasteiger partial charge in [-0.15, -0.1) is 0 Å². The van der Waals surface area contributed by atoms with Gasteiger partial charge in [0.05, 0.1) is 0 Å². The van der Waals surface area contributed by atoms with Gasteiger partial charge in [-0.3, -0.25) is 4.79 Å². The lowest BCUT2D eigenvalue weighted by Gasteiger charge is -2.12. The monoisotopic (exact) mass is 231 g/mol. The molecule has 0 aliphatic heterocycles. The summed E-state index contributed by atoms with van der Waals surface area (Å²) in [5, 5.41) is 12.0. The highest BCUT2D eigenvalue weighted by Crippen LogP contribution is 2.21. The van der Waals surface area contributed by atoms with E-state index >= 15 is 0 Å². The van der Waals surface area contributed by atoms with Crippen molar-refractivity contribution in [2.45, 2.75) is 32.1 Å². The Kier molecular flexibility index (Phi) is 3.81. The van der Waals surface area contributed by atoms with Gasteiger partial charge in [-0.05, 0) is 49.9 Å². The maximum absolute atomic E-state index is 11.8. The van der Waals surface area contributed by atoms with Gasteiger partial charge in [0.25, 0.3) is 0 Å². The number of allylic oxidation sites excluding steroid dienone is 1. The fourth-order valence-electron chi connectivity index (χ4n) is 2.02. The summed E-state index contributed by atoms with van der Waals surface area (Å²) in [6, 6.07) is 6.52. The summed E-state index contributed by atoms with van der Waals surface area (Å²) in [6.07, 6.45) is 7.24. The van der Waals surface area contributed by atoms with Crippen molar-refractivity contribution in [3.05, 3.63) is 35.9 Å². The van der Waals surface area contributed by atoms with Gasteiger partial charge in [0, 0.05) is 12.1 Å². The van der Waals surface area contributed by atoms with Crippen LogP contribution in [0.5, 0.6) is 5.75 Å². The molecule has 1 aromatic carbocycles. The molecule has 1 aromatic rings. The largest absolute Gasteiger partial charge is 0.508 e. The molecule has 0 atom stereocenters. The maximum Gasteiger partial charge on any atom is 0.228 e. The van der Waals surface area contributed by atoms with E-state index < -0.39 is 0 Å². The molecular formula is C14H17NO2. The summed E-state index contributed by atoms with van der Waals surface area (Å²) in [5.74, 6) is 0.224. The third-order valence-electron chi connectivity index (χ3n) is 2.92. The Morgan fingerprint density at radius 1 is 1.24 bits per heavy atom. The highest BCUT2D eigenvalue weighted by molar-refractivity contribution is 5.92. The van der Waals surface area contributed by atoms with E-state index in [2.05, 4.69) is 11.4 Å². The molecule has 1 aliphatic rings. The second-order valence-corrected chi connectivity index (χ2v) is 4.38. The Morgan fingerprint density at radius 3 is 2.65 bits per heavy atom. The number of benzene rings is 1. The van der Waals surface area contributed by atoms with Crippen molar-refractivity contribution in [2.75, 3.05) is 5.32 Å². The molecule has 2 rings (SSSR count). The van der Waals surface area contributed by atoms with Crippen LogP contribution >= 0.6 is 0 Å². The number of phenols is 1. The summed E-state index contributed by atoms with van der Waals surface area (Å²) in [5.41, 5.74) is 1.97. The molecule has 3 heteroatoms. The van der Waals surface area contributed by atoms with Crippen LogP contribution in [0.2, 0.25) is 0 Å². The minimum absolute atomic E-state index is 0.0174. The van der Waals surface area contributed by atoms with Gasteiger partial charge in [0.15, 0.2) is 0 Å². The smallest absolute Gasteiger partial charge is 0.228 e. The van der Waals surface area contributed by atoms with Crippen molar-refractivity contribution < 1.29 is 9.90 Å². The van der Waals surface area contributed by atoms with Gasteiger partial charge in [0.2, 0.25) is 5.91 Å². The first-order valence-electron chi connectivity index (χ1n) is 6.01. The molecule has 3 nitrogen and oxygen atoms in total. The molecule has 1 aliphatic carbocycles. The van der Waals surface area contributed by atoms with Crippen molar-refractivity contribution in [2.24, 2.45) is 0 Å². The summed E-state index contributed by atoms with van der Waals surface area (Å²) in [6.45, 7) is 0. The van der Waals surface area contributed by atoms with Crippen molar-refractivity contribution >= 4 is 11.6 Å². The number of hydrogen-bond acceptors (Lipinski definition) is 2. The number of rotatable bonds is 3. The maximum atomic E-state index is 11.8. The molecule has 0 unspecified atom stereocenters. The predicted molar refractivity (Wildman–Crippen MR) is 67.9 cm³/mol. The first kappa shape index (κ1) is 11.7. The molecule has 0 bridgehead atoms. The number of hydrogen-bond donors (Lipinski definition) is 2. The lowest BCUT2D eigenvalue weighted by Crippen LogP contribution is -2.12. The number of amides is 1. The summed E-state index contributed by atoms with van der Waals surface area (Å²) >= 11 is 0. The lowest BCUT2D eigenvalue weighted by atomic mass is 9.97. The van der Waals surface area contributed by atoms with Gasteiger partial charge in [-0.1, -0.05) is 11.6 Å². The van der Waals surface area contributed by atoms with Gasteiger partial charge >= 0.3 is 0 Å². The van der Waals surface area contributed by atoms with Crippen LogP contribution in [0.1, 0.15) is 32.1 Å². The zero-order chi connectivity index (χ0) is 12.1. The predicted octanol–water partition coefficient (Wildman–Crippen LogP) is 3.22. The molecule has 0 fully saturated rings. The molecule has 17 heavy (non-hydrogen) atoms. The Balaban J connectivity index is 1.88. The zero-order valence-electron chi connectivity index (χ0n) is 9.78. The van der Waals surface area contributed by atoms with Gasteiger partial charge in [-0.25, -0.2) is 0 Å². The summed E-state index contributed by atoms with van der Waals surface area (Å²) < 4.78 is 0. The topological polar surface area (TPSA) is 49.3 Å². The number of nitrogens with one attached hydrogen (secondary N) is 1. The van der Waals surface area contributed by atoms with E-state index in [0.29, 0.717) is 6.42 Å². The van der Waals surface area contributed by atoms with Crippen LogP contribution in [0.4, 0.5) is 5.69 Å². The van der Waals surface area contributed by atoms with Crippen LogP contribution in [0.15, 0.2) is 35.9 Å². The molecule has 0 saturated heterocycles. The highest BCUT2D eigenvalue weighted by atomic mass is 16.3. The Bertz CT molecular complexity index is 420. The van der Waals surface area contributed by atoms with Crippen molar-refractivity contribution in [1.29, 1.82) is 0 Å². The first-order chi connectivity index (χ1) is 8.24. The van der Waals surface area contributed by atoms with Crippen molar-refractivity contribution in [3.63, 3.8) is 0 Å². The van der Waals surface area contributed by atoms with Gasteiger partial charge < -0.3 is 10.4 Å². The number of carbonyl (C=O) groups is 1. The number of carbonyl (C=O) groups excluding carboxylic acids is 1. The highest BCUT2D eigenvalue weighted by Gasteiger charge is 2.09. The SMILES string of the molecule is O=C(CC1=CCCCC1)Nc1ccc(O)cc1. The van der Waals surface area contributed by atoms with E-state index in [1.54, 1.807) is 24.3 Å².